The lowest BCUT2D eigenvalue weighted by molar-refractivity contribution is -0.870. The Balaban J connectivity index is 0.000000253. The highest BCUT2D eigenvalue weighted by Gasteiger charge is 2.30. The van der Waals surface area contributed by atoms with Gasteiger partial charge in [-0.25, -0.2) is 0 Å². The van der Waals surface area contributed by atoms with Gasteiger partial charge in [0.15, 0.2) is 0 Å². The van der Waals surface area contributed by atoms with Gasteiger partial charge in [0.1, 0.15) is 12.7 Å². The second-order valence-electron chi connectivity index (χ2n) is 7.77. The van der Waals surface area contributed by atoms with E-state index in [0.717, 1.165) is 0 Å². The molecule has 0 heterocycles. The number of hydrogen-bond donors (Lipinski definition) is 1. The standard InChI is InChI=1S/C24H20B.C5H14NO/c1-5-13-21(14-6-1)25(22-15-7-2-8-16-22,23-17-9-3-10-18-23)24-19-11-4-12-20-24;1-6(2,3)4-5-7/h1-20H;7H,4-5H2,1-3H3/q-1;+1/i;1D3,2D3,3D3. The average molecular weight is 432 g/mol. The molecule has 3 heteroatoms. The number of aliphatic hydroxyl groups excluding tert-OH is 1. The zero-order chi connectivity index (χ0) is 30.4. The fourth-order valence-corrected chi connectivity index (χ4v) is 4.27. The van der Waals surface area contributed by atoms with E-state index in [1.54, 1.807) is 0 Å². The predicted molar refractivity (Wildman–Crippen MR) is 140 cm³/mol. The van der Waals surface area contributed by atoms with Gasteiger partial charge in [0, 0.05) is 0 Å². The normalized spacial score (nSPS) is 16.7. The van der Waals surface area contributed by atoms with Crippen molar-refractivity contribution in [3.63, 3.8) is 0 Å². The maximum absolute atomic E-state index is 8.73. The molecule has 4 aromatic carbocycles. The monoisotopic (exact) mass is 432 g/mol. The zero-order valence-corrected chi connectivity index (χ0v) is 17.9. The Morgan fingerprint density at radius 3 is 1.03 bits per heavy atom. The Labute approximate surface area is 206 Å². The fraction of sp³-hybridized carbons (Fsp3) is 0.172. The average Bonchev–Trinajstić information content (AvgIpc) is 2.93. The maximum atomic E-state index is 8.73. The van der Waals surface area contributed by atoms with Gasteiger partial charge < -0.3 is 9.59 Å². The summed E-state index contributed by atoms with van der Waals surface area (Å²) >= 11 is 0. The summed E-state index contributed by atoms with van der Waals surface area (Å²) in [4.78, 5) is 0. The molecule has 0 atom stereocenters. The number of quaternary nitrogens is 1. The Morgan fingerprint density at radius 1 is 0.562 bits per heavy atom. The maximum Gasteiger partial charge on any atom is 0.108 e. The molecule has 0 aliphatic rings. The number of benzene rings is 4. The molecule has 0 saturated heterocycles. The van der Waals surface area contributed by atoms with Gasteiger partial charge in [-0.1, -0.05) is 121 Å². The minimum Gasteiger partial charge on any atom is -0.391 e. The van der Waals surface area contributed by atoms with E-state index >= 15 is 0 Å². The van der Waals surface area contributed by atoms with Crippen molar-refractivity contribution < 1.29 is 21.9 Å². The Morgan fingerprint density at radius 2 is 0.844 bits per heavy atom. The molecule has 0 amide bonds. The minimum absolute atomic E-state index is 0.838. The predicted octanol–water partition coefficient (Wildman–Crippen LogP) is 2.75. The Kier molecular flexibility index (Phi) is 4.82. The molecule has 1 N–H and O–H groups in total. The molecule has 4 rings (SSSR count). The van der Waals surface area contributed by atoms with Crippen molar-refractivity contribution in [2.75, 3.05) is 34.1 Å². The van der Waals surface area contributed by atoms with Crippen molar-refractivity contribution in [1.29, 1.82) is 0 Å². The van der Waals surface area contributed by atoms with Crippen LogP contribution in [0.4, 0.5) is 0 Å². The topological polar surface area (TPSA) is 20.2 Å². The lowest BCUT2D eigenvalue weighted by Crippen LogP contribution is -2.74. The smallest absolute Gasteiger partial charge is 0.108 e. The number of rotatable bonds is 6. The van der Waals surface area contributed by atoms with Gasteiger partial charge in [0.2, 0.25) is 0 Å². The molecule has 2 nitrogen and oxygen atoms in total. The van der Waals surface area contributed by atoms with Crippen LogP contribution in [0.3, 0.4) is 0 Å². The van der Waals surface area contributed by atoms with E-state index in [-0.39, 0.29) is 0 Å². The molecule has 0 aliphatic carbocycles. The number of hydrogen-bond acceptors (Lipinski definition) is 1. The van der Waals surface area contributed by atoms with Crippen LogP contribution in [0.2, 0.25) is 0 Å². The van der Waals surface area contributed by atoms with Crippen LogP contribution in [-0.2, 0) is 0 Å². The fourth-order valence-electron chi connectivity index (χ4n) is 4.27. The van der Waals surface area contributed by atoms with Gasteiger partial charge >= 0.3 is 0 Å². The van der Waals surface area contributed by atoms with Gasteiger partial charge in [0.05, 0.1) is 39.9 Å². The lowest BCUT2D eigenvalue weighted by atomic mass is 9.13. The Bertz CT molecular complexity index is 1150. The molecule has 4 aromatic rings. The summed E-state index contributed by atoms with van der Waals surface area (Å²) in [5, 5.41) is 8.73. The summed E-state index contributed by atoms with van der Waals surface area (Å²) < 4.78 is 62.0. The van der Waals surface area contributed by atoms with Crippen molar-refractivity contribution >= 4 is 28.0 Å². The quantitative estimate of drug-likeness (QED) is 0.367. The number of likely N-dealkylation sites (N-methyl/N-ethyl adjacent to an activating group) is 1. The van der Waals surface area contributed by atoms with Crippen LogP contribution in [0.5, 0.6) is 0 Å². The van der Waals surface area contributed by atoms with Crippen LogP contribution in [0.1, 0.15) is 12.3 Å². The highest BCUT2D eigenvalue weighted by molar-refractivity contribution is 7.19. The molecule has 0 unspecified atom stereocenters. The zero-order valence-electron chi connectivity index (χ0n) is 26.9. The van der Waals surface area contributed by atoms with Gasteiger partial charge in [0.25, 0.3) is 0 Å². The van der Waals surface area contributed by atoms with Crippen molar-refractivity contribution in [1.82, 2.24) is 0 Å². The van der Waals surface area contributed by atoms with E-state index in [9.17, 15) is 0 Å². The first-order chi connectivity index (χ1) is 19.2. The first-order valence-electron chi connectivity index (χ1n) is 15.1. The molecule has 0 aromatic heterocycles. The number of aliphatic hydroxyl groups is 1. The SMILES string of the molecule is [2H]C([2H])([2H])[N+](CCO)(C([2H])([2H])[2H])C([2H])([2H])[2H].c1ccc([B-](c2ccccc2)(c2ccccc2)c2ccccc2)cc1. The van der Waals surface area contributed by atoms with Gasteiger partial charge in [-0.05, 0) is 0 Å². The molecule has 0 bridgehead atoms. The van der Waals surface area contributed by atoms with E-state index in [1.807, 2.05) is 0 Å². The summed E-state index contributed by atoms with van der Waals surface area (Å²) in [7, 11) is 0. The van der Waals surface area contributed by atoms with Crippen LogP contribution in [0, 0.1) is 0 Å². The van der Waals surface area contributed by atoms with Crippen LogP contribution >= 0.6 is 0 Å². The van der Waals surface area contributed by atoms with Crippen molar-refractivity contribution in [2.45, 2.75) is 0 Å². The summed E-state index contributed by atoms with van der Waals surface area (Å²) in [5.74, 6) is 0. The van der Waals surface area contributed by atoms with Crippen molar-refractivity contribution in [3.05, 3.63) is 121 Å². The molecule has 32 heavy (non-hydrogen) atoms. The van der Waals surface area contributed by atoms with Gasteiger partial charge in [-0.15, -0.1) is 0 Å². The molecule has 0 spiro atoms. The lowest BCUT2D eigenvalue weighted by Gasteiger charge is -2.44. The molecule has 0 saturated carbocycles. The Hall–Kier alpha value is -3.14. The summed E-state index contributed by atoms with van der Waals surface area (Å²) in [6, 6.07) is 43.5. The highest BCUT2D eigenvalue weighted by atomic mass is 16.3. The molecular formula is C29H34BNO. The second kappa shape index (κ2) is 10.9. The summed E-state index contributed by atoms with van der Waals surface area (Å²) in [6.45, 7) is -11.5. The first-order valence-corrected chi connectivity index (χ1v) is 10.6. The molecular weight excluding hydrogens is 389 g/mol. The van der Waals surface area contributed by atoms with Crippen LogP contribution in [0.15, 0.2) is 121 Å². The molecule has 0 fully saturated rings. The van der Waals surface area contributed by atoms with E-state index in [0.29, 0.717) is 0 Å². The molecule has 164 valence electrons. The van der Waals surface area contributed by atoms with E-state index in [2.05, 4.69) is 121 Å². The van der Waals surface area contributed by atoms with Crippen LogP contribution < -0.4 is 21.9 Å². The largest absolute Gasteiger partial charge is 0.391 e. The third kappa shape index (κ3) is 5.56. The van der Waals surface area contributed by atoms with E-state index in [1.165, 1.54) is 21.9 Å². The minimum atomic E-state index is -3.26. The first kappa shape index (κ1) is 14.1. The van der Waals surface area contributed by atoms with Crippen LogP contribution in [0.25, 0.3) is 0 Å². The second-order valence-corrected chi connectivity index (χ2v) is 7.77. The third-order valence-electron chi connectivity index (χ3n) is 5.63. The molecule has 0 aliphatic heterocycles. The highest BCUT2D eigenvalue weighted by Crippen LogP contribution is 2.09. The van der Waals surface area contributed by atoms with Gasteiger partial charge in [-0.3, -0.25) is 0 Å². The summed E-state index contributed by atoms with van der Waals surface area (Å²) in [5.41, 5.74) is 5.36. The third-order valence-corrected chi connectivity index (χ3v) is 5.63. The van der Waals surface area contributed by atoms with Gasteiger partial charge in [-0.2, -0.15) is 21.9 Å². The van der Waals surface area contributed by atoms with Crippen molar-refractivity contribution in [3.8, 4) is 0 Å². The summed E-state index contributed by atoms with van der Waals surface area (Å²) in [6.07, 6.45) is -1.22. The molecule has 0 radical (unpaired) electrons. The number of nitrogens with zero attached hydrogens (tertiary/aromatic N) is 1. The van der Waals surface area contributed by atoms with E-state index in [4.69, 9.17) is 17.4 Å². The van der Waals surface area contributed by atoms with Crippen LogP contribution in [-0.4, -0.2) is 49.8 Å². The van der Waals surface area contributed by atoms with Crippen molar-refractivity contribution in [2.24, 2.45) is 0 Å². The van der Waals surface area contributed by atoms with E-state index < -0.39 is 44.7 Å².